The van der Waals surface area contributed by atoms with Crippen molar-refractivity contribution in [1.82, 2.24) is 0 Å². The molecule has 1 aromatic carbocycles. The largest absolute Gasteiger partial charge is 0.489 e. The Balaban J connectivity index is 3.60. The summed E-state index contributed by atoms with van der Waals surface area (Å²) in [4.78, 5) is 0. The van der Waals surface area contributed by atoms with Gasteiger partial charge in [0, 0.05) is 11.4 Å². The minimum Gasteiger partial charge on any atom is -0.423 e. The first kappa shape index (κ1) is 12.4. The minimum atomic E-state index is -1.48. The van der Waals surface area contributed by atoms with Gasteiger partial charge in [-0.15, -0.1) is 0 Å². The van der Waals surface area contributed by atoms with E-state index in [0.29, 0.717) is 16.9 Å². The number of benzene rings is 1. The number of hydrogen-bond acceptors (Lipinski definition) is 4. The van der Waals surface area contributed by atoms with E-state index in [2.05, 4.69) is 12.6 Å². The average molecular weight is 225 g/mol. The van der Waals surface area contributed by atoms with Crippen LogP contribution in [0.4, 0.5) is 5.69 Å². The molecule has 0 heterocycles. The van der Waals surface area contributed by atoms with Crippen LogP contribution in [0.2, 0.25) is 0 Å². The first-order valence-electron chi connectivity index (χ1n) is 4.76. The van der Waals surface area contributed by atoms with E-state index in [1.54, 1.807) is 6.92 Å². The quantitative estimate of drug-likeness (QED) is 0.332. The molecule has 0 aliphatic carbocycles. The fraction of sp³-hybridized carbons (Fsp3) is 0.400. The summed E-state index contributed by atoms with van der Waals surface area (Å²) in [6, 6.07) is 0. The monoisotopic (exact) mass is 225 g/mol. The maximum absolute atomic E-state index is 9.30. The molecule has 0 saturated carbocycles. The van der Waals surface area contributed by atoms with Gasteiger partial charge in [-0.05, 0) is 48.5 Å². The predicted octanol–water partition coefficient (Wildman–Crippen LogP) is 0.304. The smallest absolute Gasteiger partial charge is 0.423 e. The van der Waals surface area contributed by atoms with Gasteiger partial charge in [0.25, 0.3) is 0 Å². The SMILES string of the molecule is Cc1c(N)c(C)c(B(O)O)c(C)c1CS. The summed E-state index contributed by atoms with van der Waals surface area (Å²) in [5, 5.41) is 18.6. The Kier molecular flexibility index (Phi) is 3.70. The zero-order chi connectivity index (χ0) is 11.7. The molecule has 0 saturated heterocycles. The van der Waals surface area contributed by atoms with E-state index in [1.165, 1.54) is 0 Å². The Morgan fingerprint density at radius 1 is 1.13 bits per heavy atom. The standard InChI is InChI=1S/C10H16BNO2S/c1-5-8(4-15)6(2)10(12)7(3)9(5)11(13)14/h13-15H,4,12H2,1-3H3. The lowest BCUT2D eigenvalue weighted by Gasteiger charge is -2.18. The highest BCUT2D eigenvalue weighted by Gasteiger charge is 2.22. The van der Waals surface area contributed by atoms with Gasteiger partial charge in [-0.2, -0.15) is 12.6 Å². The summed E-state index contributed by atoms with van der Waals surface area (Å²) >= 11 is 4.23. The van der Waals surface area contributed by atoms with Crippen molar-refractivity contribution in [3.8, 4) is 0 Å². The van der Waals surface area contributed by atoms with Gasteiger partial charge in [-0.1, -0.05) is 0 Å². The summed E-state index contributed by atoms with van der Waals surface area (Å²) in [6.07, 6.45) is 0. The number of nitrogen functional groups attached to an aromatic ring is 1. The van der Waals surface area contributed by atoms with Gasteiger partial charge in [-0.25, -0.2) is 0 Å². The van der Waals surface area contributed by atoms with Crippen LogP contribution in [0.5, 0.6) is 0 Å². The number of nitrogens with two attached hydrogens (primary N) is 1. The van der Waals surface area contributed by atoms with Gasteiger partial charge in [0.05, 0.1) is 0 Å². The Bertz CT molecular complexity index is 394. The Morgan fingerprint density at radius 3 is 2.07 bits per heavy atom. The molecular weight excluding hydrogens is 209 g/mol. The molecule has 5 heteroatoms. The van der Waals surface area contributed by atoms with Gasteiger partial charge >= 0.3 is 7.12 Å². The summed E-state index contributed by atoms with van der Waals surface area (Å²) in [6.45, 7) is 5.58. The minimum absolute atomic E-state index is 0.502. The molecule has 0 radical (unpaired) electrons. The second kappa shape index (κ2) is 4.47. The van der Waals surface area contributed by atoms with Crippen molar-refractivity contribution in [1.29, 1.82) is 0 Å². The number of rotatable bonds is 2. The molecule has 0 unspecified atom stereocenters. The van der Waals surface area contributed by atoms with Crippen molar-refractivity contribution in [3.05, 3.63) is 22.3 Å². The highest BCUT2D eigenvalue weighted by Crippen LogP contribution is 2.24. The topological polar surface area (TPSA) is 66.5 Å². The molecule has 0 aliphatic rings. The molecule has 0 aromatic heterocycles. The molecule has 1 rings (SSSR count). The van der Waals surface area contributed by atoms with E-state index in [-0.39, 0.29) is 0 Å². The maximum Gasteiger partial charge on any atom is 0.489 e. The van der Waals surface area contributed by atoms with Crippen molar-refractivity contribution in [2.24, 2.45) is 0 Å². The molecule has 1 aromatic rings. The molecule has 0 atom stereocenters. The lowest BCUT2D eigenvalue weighted by Crippen LogP contribution is -2.36. The van der Waals surface area contributed by atoms with Crippen LogP contribution >= 0.6 is 12.6 Å². The maximum atomic E-state index is 9.30. The van der Waals surface area contributed by atoms with Crippen molar-refractivity contribution in [2.45, 2.75) is 26.5 Å². The average Bonchev–Trinajstić information content (AvgIpc) is 2.15. The highest BCUT2D eigenvalue weighted by molar-refractivity contribution is 7.79. The normalized spacial score (nSPS) is 10.5. The van der Waals surface area contributed by atoms with Crippen LogP contribution in [-0.4, -0.2) is 17.2 Å². The fourth-order valence-electron chi connectivity index (χ4n) is 1.94. The molecule has 82 valence electrons. The van der Waals surface area contributed by atoms with E-state index in [0.717, 1.165) is 22.3 Å². The van der Waals surface area contributed by atoms with Crippen LogP contribution in [0.25, 0.3) is 0 Å². The van der Waals surface area contributed by atoms with E-state index in [1.807, 2.05) is 13.8 Å². The van der Waals surface area contributed by atoms with Gasteiger partial charge in [0.1, 0.15) is 0 Å². The zero-order valence-electron chi connectivity index (χ0n) is 9.20. The van der Waals surface area contributed by atoms with E-state index < -0.39 is 7.12 Å². The fourth-order valence-corrected chi connectivity index (χ4v) is 2.41. The Labute approximate surface area is 95.9 Å². The molecule has 0 bridgehead atoms. The number of hydrogen-bond donors (Lipinski definition) is 4. The van der Waals surface area contributed by atoms with Crippen LogP contribution in [0.3, 0.4) is 0 Å². The van der Waals surface area contributed by atoms with Crippen molar-refractivity contribution in [3.63, 3.8) is 0 Å². The van der Waals surface area contributed by atoms with Gasteiger partial charge in [0.15, 0.2) is 0 Å². The van der Waals surface area contributed by atoms with Gasteiger partial charge in [0.2, 0.25) is 0 Å². The third kappa shape index (κ3) is 2.00. The zero-order valence-corrected chi connectivity index (χ0v) is 10.1. The molecule has 0 spiro atoms. The molecule has 15 heavy (non-hydrogen) atoms. The Morgan fingerprint density at radius 2 is 1.67 bits per heavy atom. The molecule has 0 fully saturated rings. The summed E-state index contributed by atoms with van der Waals surface area (Å²) in [5.41, 5.74) is 10.6. The van der Waals surface area contributed by atoms with Crippen molar-refractivity contribution in [2.75, 3.05) is 5.73 Å². The second-order valence-corrected chi connectivity index (χ2v) is 4.03. The summed E-state index contributed by atoms with van der Waals surface area (Å²) in [7, 11) is -1.48. The van der Waals surface area contributed by atoms with Crippen molar-refractivity contribution >= 4 is 30.9 Å². The van der Waals surface area contributed by atoms with Crippen LogP contribution in [-0.2, 0) is 5.75 Å². The van der Waals surface area contributed by atoms with Crippen LogP contribution < -0.4 is 11.2 Å². The van der Waals surface area contributed by atoms with Crippen molar-refractivity contribution < 1.29 is 10.0 Å². The molecule has 0 amide bonds. The molecule has 4 N–H and O–H groups in total. The number of thiol groups is 1. The molecule has 0 aliphatic heterocycles. The Hall–Kier alpha value is -0.645. The van der Waals surface area contributed by atoms with E-state index in [4.69, 9.17) is 5.73 Å². The lowest BCUT2D eigenvalue weighted by atomic mass is 9.72. The molecule has 3 nitrogen and oxygen atoms in total. The summed E-state index contributed by atoms with van der Waals surface area (Å²) < 4.78 is 0. The van der Waals surface area contributed by atoms with E-state index >= 15 is 0 Å². The third-order valence-electron chi connectivity index (χ3n) is 2.94. The van der Waals surface area contributed by atoms with Gasteiger partial charge in [-0.3, -0.25) is 0 Å². The number of anilines is 1. The van der Waals surface area contributed by atoms with Crippen LogP contribution in [0.15, 0.2) is 0 Å². The second-order valence-electron chi connectivity index (χ2n) is 3.71. The first-order valence-corrected chi connectivity index (χ1v) is 5.40. The summed E-state index contributed by atoms with van der Waals surface area (Å²) in [5.74, 6) is 0.544. The van der Waals surface area contributed by atoms with Crippen LogP contribution in [0, 0.1) is 20.8 Å². The van der Waals surface area contributed by atoms with Crippen LogP contribution in [0.1, 0.15) is 22.3 Å². The third-order valence-corrected chi connectivity index (χ3v) is 3.25. The highest BCUT2D eigenvalue weighted by atomic mass is 32.1. The van der Waals surface area contributed by atoms with Gasteiger partial charge < -0.3 is 15.8 Å². The van der Waals surface area contributed by atoms with E-state index in [9.17, 15) is 10.0 Å². The first-order chi connectivity index (χ1) is 6.91. The predicted molar refractivity (Wildman–Crippen MR) is 67.6 cm³/mol. The molecular formula is C10H16BNO2S. The lowest BCUT2D eigenvalue weighted by molar-refractivity contribution is 0.425.